The molecule has 3 heteroatoms. The van der Waals surface area contributed by atoms with Crippen molar-refractivity contribution in [2.45, 2.75) is 45.5 Å². The third-order valence-corrected chi connectivity index (χ3v) is 7.46. The zero-order valence-corrected chi connectivity index (χ0v) is 10.2. The smallest absolute Gasteiger partial charge is 0.165 e. The van der Waals surface area contributed by atoms with E-state index >= 15 is 0 Å². The number of hydrogen-bond donors (Lipinski definition) is 0. The van der Waals surface area contributed by atoms with Gasteiger partial charge >= 0.3 is 0 Å². The van der Waals surface area contributed by atoms with Crippen LogP contribution in [-0.4, -0.2) is 18.1 Å². The molecule has 0 aliphatic heterocycles. The van der Waals surface area contributed by atoms with Crippen molar-refractivity contribution in [2.75, 3.05) is 0 Å². The Balaban J connectivity index is 3.60. The molecule has 0 saturated carbocycles. The molecule has 62 valence electrons. The highest BCUT2D eigenvalue weighted by Gasteiger charge is 2.14. The van der Waals surface area contributed by atoms with Gasteiger partial charge in [0.25, 0.3) is 0 Å². The van der Waals surface area contributed by atoms with Gasteiger partial charge in [-0.3, -0.25) is 0 Å². The summed E-state index contributed by atoms with van der Waals surface area (Å²) in [5, 5.41) is 0. The molecule has 1 atom stereocenters. The van der Waals surface area contributed by atoms with Crippen LogP contribution in [-0.2, 0) is 4.12 Å². The monoisotopic (exact) mass is 176 g/mol. The Bertz CT molecular complexity index is 83.7. The van der Waals surface area contributed by atoms with E-state index in [0.29, 0.717) is 0 Å². The summed E-state index contributed by atoms with van der Waals surface area (Å²) < 4.78 is 5.94. The largest absolute Gasteiger partial charge is 0.460 e. The maximum Gasteiger partial charge on any atom is 0.165 e. The van der Waals surface area contributed by atoms with E-state index in [4.69, 9.17) is 4.12 Å². The van der Waals surface area contributed by atoms with Crippen LogP contribution < -0.4 is 0 Å². The molecule has 10 heavy (non-hydrogen) atoms. The minimum Gasteiger partial charge on any atom is -0.460 e. The minimum absolute atomic E-state index is 0.740. The van der Waals surface area contributed by atoms with Crippen LogP contribution in [0.5, 0.6) is 0 Å². The van der Waals surface area contributed by atoms with E-state index < -0.39 is 18.1 Å². The Morgan fingerprint density at radius 3 is 1.90 bits per heavy atom. The average Bonchev–Trinajstić information content (AvgIpc) is 1.81. The zero-order valence-electron chi connectivity index (χ0n) is 7.85. The van der Waals surface area contributed by atoms with Gasteiger partial charge in [-0.15, -0.1) is 0 Å². The first kappa shape index (κ1) is 10.4. The predicted octanol–water partition coefficient (Wildman–Crippen LogP) is 2.14. The SMILES string of the molecule is CC[SiH](O[SiH](C)C)C(C)C. The molecule has 0 fully saturated rings. The van der Waals surface area contributed by atoms with E-state index in [9.17, 15) is 0 Å². The molecule has 0 amide bonds. The molecule has 0 aliphatic rings. The first-order chi connectivity index (χ1) is 4.57. The lowest BCUT2D eigenvalue weighted by Crippen LogP contribution is -2.26. The summed E-state index contributed by atoms with van der Waals surface area (Å²) in [6.07, 6.45) is 0. The lowest BCUT2D eigenvalue weighted by Gasteiger charge is -2.20. The van der Waals surface area contributed by atoms with Crippen LogP contribution in [0.3, 0.4) is 0 Å². The first-order valence-electron chi connectivity index (χ1n) is 4.23. The molecule has 0 heterocycles. The lowest BCUT2D eigenvalue weighted by molar-refractivity contribution is 0.574. The molecule has 0 saturated heterocycles. The van der Waals surface area contributed by atoms with Crippen molar-refractivity contribution >= 4 is 18.1 Å². The fourth-order valence-electron chi connectivity index (χ4n) is 1.07. The molecule has 0 aromatic rings. The van der Waals surface area contributed by atoms with Gasteiger partial charge in [-0.1, -0.05) is 20.8 Å². The number of hydrogen-bond acceptors (Lipinski definition) is 1. The van der Waals surface area contributed by atoms with Gasteiger partial charge in [0.2, 0.25) is 0 Å². The molecule has 0 rings (SSSR count). The highest BCUT2D eigenvalue weighted by molar-refractivity contribution is 6.65. The van der Waals surface area contributed by atoms with E-state index in [-0.39, 0.29) is 0 Å². The molecule has 1 nitrogen and oxygen atoms in total. The van der Waals surface area contributed by atoms with E-state index in [1.54, 1.807) is 0 Å². The Labute approximate surface area is 68.2 Å². The minimum atomic E-state index is -0.782. The van der Waals surface area contributed by atoms with Gasteiger partial charge in [0.15, 0.2) is 18.1 Å². The van der Waals surface area contributed by atoms with Crippen LogP contribution in [0, 0.1) is 0 Å². The van der Waals surface area contributed by atoms with Gasteiger partial charge in [-0.2, -0.15) is 0 Å². The van der Waals surface area contributed by atoms with Crippen molar-refractivity contribution in [3.63, 3.8) is 0 Å². The average molecular weight is 176 g/mol. The summed E-state index contributed by atoms with van der Waals surface area (Å²) in [6, 6.07) is 1.29. The molecular formula is C7H20OSi2. The molecule has 1 unspecified atom stereocenters. The molecule has 0 N–H and O–H groups in total. The van der Waals surface area contributed by atoms with Crippen LogP contribution >= 0.6 is 0 Å². The Morgan fingerprint density at radius 2 is 1.80 bits per heavy atom. The van der Waals surface area contributed by atoms with E-state index in [0.717, 1.165) is 5.54 Å². The van der Waals surface area contributed by atoms with Gasteiger partial charge in [-0.25, -0.2) is 0 Å². The van der Waals surface area contributed by atoms with Gasteiger partial charge < -0.3 is 4.12 Å². The maximum absolute atomic E-state index is 5.94. The molecule has 0 aliphatic carbocycles. The first-order valence-corrected chi connectivity index (χ1v) is 8.96. The maximum atomic E-state index is 5.94. The molecule has 0 radical (unpaired) electrons. The highest BCUT2D eigenvalue weighted by atomic mass is 28.4. The van der Waals surface area contributed by atoms with Crippen molar-refractivity contribution < 1.29 is 4.12 Å². The van der Waals surface area contributed by atoms with Crippen molar-refractivity contribution in [1.82, 2.24) is 0 Å². The molecule has 0 aromatic carbocycles. The quantitative estimate of drug-likeness (QED) is 0.596. The van der Waals surface area contributed by atoms with E-state index in [1.165, 1.54) is 6.04 Å². The van der Waals surface area contributed by atoms with Crippen molar-refractivity contribution in [2.24, 2.45) is 0 Å². The standard InChI is InChI=1S/C7H20OSi2/c1-6-10(7(2)3)8-9(4)5/h7,9-10H,6H2,1-5H3. The van der Waals surface area contributed by atoms with Crippen LogP contribution in [0.4, 0.5) is 0 Å². The van der Waals surface area contributed by atoms with Gasteiger partial charge in [0.1, 0.15) is 0 Å². The fourth-order valence-corrected chi connectivity index (χ4v) is 6.84. The zero-order chi connectivity index (χ0) is 8.15. The lowest BCUT2D eigenvalue weighted by atomic mass is 10.6. The highest BCUT2D eigenvalue weighted by Crippen LogP contribution is 2.13. The Kier molecular flexibility index (Phi) is 5.30. The summed E-state index contributed by atoms with van der Waals surface area (Å²) in [6.45, 7) is 11.4. The van der Waals surface area contributed by atoms with Crippen molar-refractivity contribution in [1.29, 1.82) is 0 Å². The van der Waals surface area contributed by atoms with Crippen LogP contribution in [0.1, 0.15) is 20.8 Å². The van der Waals surface area contributed by atoms with Crippen LogP contribution in [0.25, 0.3) is 0 Å². The van der Waals surface area contributed by atoms with E-state index in [2.05, 4.69) is 33.9 Å². The molecule has 0 bridgehead atoms. The van der Waals surface area contributed by atoms with Crippen LogP contribution in [0.2, 0.25) is 24.7 Å². The Hall–Kier alpha value is 0.394. The van der Waals surface area contributed by atoms with Crippen LogP contribution in [0.15, 0.2) is 0 Å². The Morgan fingerprint density at radius 1 is 1.30 bits per heavy atom. The summed E-state index contributed by atoms with van der Waals surface area (Å²) in [5.41, 5.74) is 0.819. The second-order valence-electron chi connectivity index (χ2n) is 3.38. The summed E-state index contributed by atoms with van der Waals surface area (Å²) in [4.78, 5) is 0. The van der Waals surface area contributed by atoms with E-state index in [1.807, 2.05) is 0 Å². The van der Waals surface area contributed by atoms with Crippen molar-refractivity contribution in [3.8, 4) is 0 Å². The fraction of sp³-hybridized carbons (Fsp3) is 1.00. The number of rotatable bonds is 4. The topological polar surface area (TPSA) is 9.23 Å². The predicted molar refractivity (Wildman–Crippen MR) is 52.7 cm³/mol. The summed E-state index contributed by atoms with van der Waals surface area (Å²) >= 11 is 0. The second-order valence-corrected chi connectivity index (χ2v) is 9.79. The molecular weight excluding hydrogens is 156 g/mol. The third-order valence-electron chi connectivity index (χ3n) is 1.59. The summed E-state index contributed by atoms with van der Waals surface area (Å²) in [7, 11) is -1.52. The van der Waals surface area contributed by atoms with Crippen molar-refractivity contribution in [3.05, 3.63) is 0 Å². The van der Waals surface area contributed by atoms with Gasteiger partial charge in [0, 0.05) is 0 Å². The second kappa shape index (κ2) is 5.10. The van der Waals surface area contributed by atoms with Gasteiger partial charge in [-0.05, 0) is 24.7 Å². The normalized spacial score (nSPS) is 14.7. The molecule has 0 spiro atoms. The van der Waals surface area contributed by atoms with Gasteiger partial charge in [0.05, 0.1) is 0 Å². The summed E-state index contributed by atoms with van der Waals surface area (Å²) in [5.74, 6) is 0. The molecule has 0 aromatic heterocycles. The third kappa shape index (κ3) is 4.25.